The molecule has 0 spiro atoms. The quantitative estimate of drug-likeness (QED) is 0.807. The standard InChI is InChI=1S/C19H24N4OS/c1-15-6-2-3-8-17(15)25-14-18(24)22-12-16-7-4-11-23(13-16)19-20-9-5-10-21-19/h2-3,5-6,8-10,16H,4,7,11-14H2,1H3,(H,22,24). The van der Waals surface area contributed by atoms with Gasteiger partial charge in [-0.25, -0.2) is 9.97 Å². The number of hydrogen-bond acceptors (Lipinski definition) is 5. The number of carbonyl (C=O) groups is 1. The normalized spacial score (nSPS) is 17.3. The number of carbonyl (C=O) groups excluding carboxylic acids is 1. The molecule has 6 heteroatoms. The fraction of sp³-hybridized carbons (Fsp3) is 0.421. The number of nitrogens with zero attached hydrogens (tertiary/aromatic N) is 3. The summed E-state index contributed by atoms with van der Waals surface area (Å²) in [5, 5.41) is 3.09. The molecule has 1 fully saturated rings. The van der Waals surface area contributed by atoms with Crippen LogP contribution >= 0.6 is 11.8 Å². The molecular formula is C19H24N4OS. The third-order valence-electron chi connectivity index (χ3n) is 4.39. The van der Waals surface area contributed by atoms with Crippen molar-refractivity contribution in [2.24, 2.45) is 5.92 Å². The zero-order valence-corrected chi connectivity index (χ0v) is 15.3. The fourth-order valence-corrected chi connectivity index (χ4v) is 3.90. The molecule has 2 heterocycles. The fourth-order valence-electron chi connectivity index (χ4n) is 3.04. The van der Waals surface area contributed by atoms with E-state index >= 15 is 0 Å². The Balaban J connectivity index is 1.43. The van der Waals surface area contributed by atoms with Crippen molar-refractivity contribution < 1.29 is 4.79 Å². The van der Waals surface area contributed by atoms with Gasteiger partial charge >= 0.3 is 0 Å². The average molecular weight is 356 g/mol. The molecule has 2 aromatic rings. The highest BCUT2D eigenvalue weighted by atomic mass is 32.2. The van der Waals surface area contributed by atoms with Gasteiger partial charge in [0.05, 0.1) is 5.75 Å². The highest BCUT2D eigenvalue weighted by Crippen LogP contribution is 2.22. The lowest BCUT2D eigenvalue weighted by Gasteiger charge is -2.32. The van der Waals surface area contributed by atoms with E-state index in [2.05, 4.69) is 39.2 Å². The highest BCUT2D eigenvalue weighted by molar-refractivity contribution is 8.00. The van der Waals surface area contributed by atoms with Gasteiger partial charge in [-0.2, -0.15) is 0 Å². The summed E-state index contributed by atoms with van der Waals surface area (Å²) in [6.45, 7) is 4.67. The number of amides is 1. The molecule has 1 aromatic heterocycles. The zero-order chi connectivity index (χ0) is 17.5. The molecule has 0 aliphatic carbocycles. The molecule has 1 unspecified atom stereocenters. The van der Waals surface area contributed by atoms with E-state index < -0.39 is 0 Å². The SMILES string of the molecule is Cc1ccccc1SCC(=O)NCC1CCCN(c2ncccn2)C1. The van der Waals surface area contributed by atoms with Gasteiger partial charge in [-0.1, -0.05) is 18.2 Å². The molecule has 25 heavy (non-hydrogen) atoms. The minimum Gasteiger partial charge on any atom is -0.355 e. The van der Waals surface area contributed by atoms with E-state index in [0.29, 0.717) is 11.7 Å². The second-order valence-corrected chi connectivity index (χ2v) is 7.38. The molecular weight excluding hydrogens is 332 g/mol. The van der Waals surface area contributed by atoms with Crippen LogP contribution in [0.15, 0.2) is 47.6 Å². The van der Waals surface area contributed by atoms with Gasteiger partial charge in [0.1, 0.15) is 0 Å². The first kappa shape index (κ1) is 17.7. The van der Waals surface area contributed by atoms with Gasteiger partial charge in [-0.05, 0) is 43.4 Å². The van der Waals surface area contributed by atoms with Gasteiger partial charge in [-0.3, -0.25) is 4.79 Å². The summed E-state index contributed by atoms with van der Waals surface area (Å²) in [5.74, 6) is 1.79. The molecule has 3 rings (SSSR count). The maximum atomic E-state index is 12.2. The molecule has 0 radical (unpaired) electrons. The third-order valence-corrected chi connectivity index (χ3v) is 5.57. The van der Waals surface area contributed by atoms with Gasteiger partial charge < -0.3 is 10.2 Å². The number of aromatic nitrogens is 2. The lowest BCUT2D eigenvalue weighted by molar-refractivity contribution is -0.118. The lowest BCUT2D eigenvalue weighted by atomic mass is 9.98. The third kappa shape index (κ3) is 5.19. The lowest BCUT2D eigenvalue weighted by Crippen LogP contribution is -2.42. The number of rotatable bonds is 6. The number of thioether (sulfide) groups is 1. The summed E-state index contributed by atoms with van der Waals surface area (Å²) >= 11 is 1.60. The van der Waals surface area contributed by atoms with E-state index in [9.17, 15) is 4.79 Å². The van der Waals surface area contributed by atoms with E-state index in [-0.39, 0.29) is 5.91 Å². The topological polar surface area (TPSA) is 58.1 Å². The van der Waals surface area contributed by atoms with E-state index in [1.807, 2.05) is 18.2 Å². The van der Waals surface area contributed by atoms with Crippen LogP contribution in [0.4, 0.5) is 5.95 Å². The number of aryl methyl sites for hydroxylation is 1. The smallest absolute Gasteiger partial charge is 0.230 e. The molecule has 0 bridgehead atoms. The van der Waals surface area contributed by atoms with E-state index in [0.717, 1.165) is 38.4 Å². The van der Waals surface area contributed by atoms with Crippen molar-refractivity contribution in [1.29, 1.82) is 0 Å². The molecule has 132 valence electrons. The molecule has 1 N–H and O–H groups in total. The van der Waals surface area contributed by atoms with Crippen molar-refractivity contribution in [1.82, 2.24) is 15.3 Å². The molecule has 1 aromatic carbocycles. The Labute approximate surface area is 153 Å². The minimum absolute atomic E-state index is 0.0985. The number of nitrogens with one attached hydrogen (secondary N) is 1. The molecule has 1 aliphatic heterocycles. The van der Waals surface area contributed by atoms with Crippen LogP contribution in [0.2, 0.25) is 0 Å². The Morgan fingerprint density at radius 2 is 2.08 bits per heavy atom. The summed E-state index contributed by atoms with van der Waals surface area (Å²) < 4.78 is 0. The first-order chi connectivity index (χ1) is 12.2. The summed E-state index contributed by atoms with van der Waals surface area (Å²) in [4.78, 5) is 24.2. The maximum absolute atomic E-state index is 12.2. The summed E-state index contributed by atoms with van der Waals surface area (Å²) in [6, 6.07) is 9.99. The van der Waals surface area contributed by atoms with Gasteiger partial charge in [0.15, 0.2) is 0 Å². The maximum Gasteiger partial charge on any atom is 0.230 e. The van der Waals surface area contributed by atoms with Gasteiger partial charge in [-0.15, -0.1) is 11.8 Å². The van der Waals surface area contributed by atoms with Crippen LogP contribution in [0.1, 0.15) is 18.4 Å². The predicted octanol–water partition coefficient (Wildman–Crippen LogP) is 2.91. The Morgan fingerprint density at radius 3 is 2.88 bits per heavy atom. The second kappa shape index (κ2) is 8.85. The van der Waals surface area contributed by atoms with Crippen LogP contribution in [-0.4, -0.2) is 41.3 Å². The van der Waals surface area contributed by atoms with Crippen LogP contribution in [0.25, 0.3) is 0 Å². The molecule has 5 nitrogen and oxygen atoms in total. The van der Waals surface area contributed by atoms with Crippen molar-refractivity contribution >= 4 is 23.6 Å². The van der Waals surface area contributed by atoms with Crippen molar-refractivity contribution in [2.45, 2.75) is 24.7 Å². The van der Waals surface area contributed by atoms with Crippen molar-refractivity contribution in [2.75, 3.05) is 30.3 Å². The van der Waals surface area contributed by atoms with E-state index in [1.165, 1.54) is 10.5 Å². The van der Waals surface area contributed by atoms with Crippen LogP contribution < -0.4 is 10.2 Å². The largest absolute Gasteiger partial charge is 0.355 e. The predicted molar refractivity (Wildman–Crippen MR) is 102 cm³/mol. The number of anilines is 1. The molecule has 1 saturated heterocycles. The molecule has 1 atom stereocenters. The second-order valence-electron chi connectivity index (χ2n) is 6.36. The van der Waals surface area contributed by atoms with Crippen LogP contribution in [0.5, 0.6) is 0 Å². The Hall–Kier alpha value is -2.08. The molecule has 1 amide bonds. The monoisotopic (exact) mass is 356 g/mol. The highest BCUT2D eigenvalue weighted by Gasteiger charge is 2.22. The molecule has 0 saturated carbocycles. The van der Waals surface area contributed by atoms with Crippen LogP contribution in [0.3, 0.4) is 0 Å². The van der Waals surface area contributed by atoms with E-state index in [4.69, 9.17) is 0 Å². The summed E-state index contributed by atoms with van der Waals surface area (Å²) in [5.41, 5.74) is 1.21. The first-order valence-corrected chi connectivity index (χ1v) is 9.68. The van der Waals surface area contributed by atoms with Crippen molar-refractivity contribution in [3.8, 4) is 0 Å². The van der Waals surface area contributed by atoms with Gasteiger partial charge in [0.25, 0.3) is 0 Å². The summed E-state index contributed by atoms with van der Waals surface area (Å²) in [6.07, 6.45) is 5.79. The number of benzene rings is 1. The van der Waals surface area contributed by atoms with E-state index in [1.54, 1.807) is 24.2 Å². The van der Waals surface area contributed by atoms with Gasteiger partial charge in [0.2, 0.25) is 11.9 Å². The van der Waals surface area contributed by atoms with Crippen molar-refractivity contribution in [3.05, 3.63) is 48.3 Å². The average Bonchev–Trinajstić information content (AvgIpc) is 2.67. The van der Waals surface area contributed by atoms with Crippen LogP contribution in [-0.2, 0) is 4.79 Å². The molecule has 1 aliphatic rings. The zero-order valence-electron chi connectivity index (χ0n) is 14.5. The van der Waals surface area contributed by atoms with Crippen molar-refractivity contribution in [3.63, 3.8) is 0 Å². The summed E-state index contributed by atoms with van der Waals surface area (Å²) in [7, 11) is 0. The number of piperidine rings is 1. The van der Waals surface area contributed by atoms with Crippen LogP contribution in [0, 0.1) is 12.8 Å². The minimum atomic E-state index is 0.0985. The Kier molecular flexibility index (Phi) is 6.28. The van der Waals surface area contributed by atoms with Gasteiger partial charge in [0, 0.05) is 36.9 Å². The first-order valence-electron chi connectivity index (χ1n) is 8.69. The Bertz CT molecular complexity index is 695. The Morgan fingerprint density at radius 1 is 1.28 bits per heavy atom. The number of hydrogen-bond donors (Lipinski definition) is 1.